The summed E-state index contributed by atoms with van der Waals surface area (Å²) in [5, 5.41) is 8.03. The van der Waals surface area contributed by atoms with Crippen LogP contribution in [0.25, 0.3) is 0 Å². The van der Waals surface area contributed by atoms with Crippen LogP contribution in [0.1, 0.15) is 6.42 Å². The van der Waals surface area contributed by atoms with Crippen LogP contribution >= 0.6 is 7.80 Å². The zero-order valence-corrected chi connectivity index (χ0v) is 5.52. The molecule has 47 valence electrons. The lowest BCUT2D eigenvalue weighted by Crippen LogP contribution is -1.94. The van der Waals surface area contributed by atoms with Gasteiger partial charge in [0.15, 0.2) is 0 Å². The fraction of sp³-hybridized carbons (Fsp3) is 0.750. The maximum Gasteiger partial charge on any atom is 0.304 e. The summed E-state index contributed by atoms with van der Waals surface area (Å²) in [6.45, 7) is 1.53. The van der Waals surface area contributed by atoms with Crippen molar-refractivity contribution in [2.45, 2.75) is 6.42 Å². The van der Waals surface area contributed by atoms with Crippen molar-refractivity contribution in [3.8, 4) is 0 Å². The van der Waals surface area contributed by atoms with Crippen molar-refractivity contribution in [2.75, 3.05) is 12.8 Å². The maximum atomic E-state index is 10.2. The molecule has 3 nitrogen and oxygen atoms in total. The van der Waals surface area contributed by atoms with Gasteiger partial charge >= 0.3 is 5.97 Å². The highest BCUT2D eigenvalue weighted by molar-refractivity contribution is 7.43. The summed E-state index contributed by atoms with van der Waals surface area (Å²) >= 11 is 0. The first-order chi connectivity index (χ1) is 3.63. The van der Waals surface area contributed by atoms with Gasteiger partial charge in [0.2, 0.25) is 0 Å². The van der Waals surface area contributed by atoms with E-state index >= 15 is 0 Å². The van der Waals surface area contributed by atoms with E-state index in [2.05, 4.69) is 0 Å². The Hall–Kier alpha value is -0.430. The second kappa shape index (κ2) is 3.56. The average Bonchev–Trinajstić information content (AvgIpc) is 1.61. The molecule has 0 aromatic carbocycles. The van der Waals surface area contributed by atoms with Crippen LogP contribution in [-0.2, 0) is 9.36 Å². The van der Waals surface area contributed by atoms with E-state index in [1.165, 1.54) is 6.66 Å². The molecule has 1 unspecified atom stereocenters. The number of hydrogen-bond donors (Lipinski definition) is 1. The minimum absolute atomic E-state index is 0.0195. The Morgan fingerprint density at radius 3 is 2.38 bits per heavy atom. The average molecular weight is 135 g/mol. The standard InChI is InChI=1S/C4H8O3P/c1-8(7)3-2-4(5)6/h2-3H2,1H3,(H,5,6). The third kappa shape index (κ3) is 5.57. The molecule has 0 bridgehead atoms. The Kier molecular flexibility index (Phi) is 3.37. The van der Waals surface area contributed by atoms with Crippen molar-refractivity contribution in [3.63, 3.8) is 0 Å². The molecule has 0 heterocycles. The molecule has 1 atom stereocenters. The van der Waals surface area contributed by atoms with Gasteiger partial charge < -0.3 is 5.11 Å². The molecule has 0 spiro atoms. The van der Waals surface area contributed by atoms with Crippen LogP contribution in [0, 0.1) is 0 Å². The van der Waals surface area contributed by atoms with Crippen LogP contribution in [0.15, 0.2) is 0 Å². The van der Waals surface area contributed by atoms with Gasteiger partial charge in [0, 0.05) is 12.8 Å². The van der Waals surface area contributed by atoms with Crippen LogP contribution in [0.5, 0.6) is 0 Å². The summed E-state index contributed by atoms with van der Waals surface area (Å²) in [6, 6.07) is 0. The molecule has 0 aromatic heterocycles. The summed E-state index contributed by atoms with van der Waals surface area (Å²) in [7, 11) is -1.26. The van der Waals surface area contributed by atoms with Gasteiger partial charge in [0.25, 0.3) is 0 Å². The first-order valence-electron chi connectivity index (χ1n) is 2.23. The second-order valence-electron chi connectivity index (χ2n) is 1.50. The lowest BCUT2D eigenvalue weighted by molar-refractivity contribution is -0.136. The van der Waals surface area contributed by atoms with Crippen molar-refractivity contribution in [1.82, 2.24) is 0 Å². The molecule has 0 aliphatic rings. The SMILES string of the molecule is C[P](=O)CCC(=O)O. The number of hydrogen-bond acceptors (Lipinski definition) is 2. The zero-order valence-electron chi connectivity index (χ0n) is 4.63. The summed E-state index contributed by atoms with van der Waals surface area (Å²) in [6.07, 6.45) is 0.316. The van der Waals surface area contributed by atoms with Crippen molar-refractivity contribution < 1.29 is 14.5 Å². The number of carboxylic acids is 1. The van der Waals surface area contributed by atoms with Crippen molar-refractivity contribution in [3.05, 3.63) is 0 Å². The molecule has 0 fully saturated rings. The zero-order chi connectivity index (χ0) is 6.57. The van der Waals surface area contributed by atoms with Gasteiger partial charge in [-0.15, -0.1) is 0 Å². The van der Waals surface area contributed by atoms with Gasteiger partial charge in [0.1, 0.15) is 0 Å². The molecular formula is C4H8O3P. The van der Waals surface area contributed by atoms with E-state index in [0.717, 1.165) is 0 Å². The second-order valence-corrected chi connectivity index (χ2v) is 3.20. The summed E-state index contributed by atoms with van der Waals surface area (Å²) < 4.78 is 10.2. The largest absolute Gasteiger partial charge is 0.481 e. The summed E-state index contributed by atoms with van der Waals surface area (Å²) in [5.74, 6) is -0.879. The Morgan fingerprint density at radius 2 is 2.25 bits per heavy atom. The third-order valence-electron chi connectivity index (χ3n) is 0.641. The number of rotatable bonds is 3. The smallest absolute Gasteiger partial charge is 0.304 e. The third-order valence-corrected chi connectivity index (χ3v) is 1.49. The van der Waals surface area contributed by atoms with E-state index < -0.39 is 13.8 Å². The molecule has 8 heavy (non-hydrogen) atoms. The topological polar surface area (TPSA) is 54.4 Å². The van der Waals surface area contributed by atoms with Gasteiger partial charge in [-0.3, -0.25) is 9.36 Å². The van der Waals surface area contributed by atoms with Crippen LogP contribution in [0.3, 0.4) is 0 Å². The normalized spacial score (nSPS) is 10.9. The minimum Gasteiger partial charge on any atom is -0.481 e. The molecule has 0 aromatic rings. The Morgan fingerprint density at radius 1 is 1.75 bits per heavy atom. The predicted octanol–water partition coefficient (Wildman–Crippen LogP) is 0.918. The molecular weight excluding hydrogens is 127 g/mol. The number of aliphatic carboxylic acids is 1. The summed E-state index contributed by atoms with van der Waals surface area (Å²) in [4.78, 5) is 9.78. The van der Waals surface area contributed by atoms with Crippen LogP contribution < -0.4 is 0 Å². The first kappa shape index (κ1) is 7.57. The quantitative estimate of drug-likeness (QED) is 0.585. The van der Waals surface area contributed by atoms with Crippen LogP contribution in [0.4, 0.5) is 0 Å². The lowest BCUT2D eigenvalue weighted by atomic mass is 10.5. The fourth-order valence-electron chi connectivity index (χ4n) is 0.253. The Bertz CT molecular complexity index is 95.9. The Labute approximate surface area is 48.5 Å². The fourth-order valence-corrected chi connectivity index (χ4v) is 0.759. The van der Waals surface area contributed by atoms with E-state index in [0.29, 0.717) is 6.16 Å². The first-order valence-corrected chi connectivity index (χ1v) is 4.12. The van der Waals surface area contributed by atoms with Crippen LogP contribution in [0.2, 0.25) is 0 Å². The lowest BCUT2D eigenvalue weighted by Gasteiger charge is -1.86. The van der Waals surface area contributed by atoms with Gasteiger partial charge in [-0.2, -0.15) is 0 Å². The monoisotopic (exact) mass is 135 g/mol. The number of carboxylic acid groups (broad SMARTS) is 1. The minimum atomic E-state index is -1.26. The van der Waals surface area contributed by atoms with Gasteiger partial charge in [0.05, 0.1) is 14.2 Å². The van der Waals surface area contributed by atoms with E-state index in [-0.39, 0.29) is 6.42 Å². The van der Waals surface area contributed by atoms with E-state index in [1.807, 2.05) is 0 Å². The van der Waals surface area contributed by atoms with Gasteiger partial charge in [-0.25, -0.2) is 0 Å². The van der Waals surface area contributed by atoms with Crippen molar-refractivity contribution in [2.24, 2.45) is 0 Å². The van der Waals surface area contributed by atoms with Crippen molar-refractivity contribution >= 4 is 13.8 Å². The molecule has 1 radical (unpaired) electrons. The van der Waals surface area contributed by atoms with E-state index in [9.17, 15) is 9.36 Å². The predicted molar refractivity (Wildman–Crippen MR) is 30.7 cm³/mol. The maximum absolute atomic E-state index is 10.2. The Balaban J connectivity index is 3.18. The van der Waals surface area contributed by atoms with E-state index in [4.69, 9.17) is 5.11 Å². The van der Waals surface area contributed by atoms with Gasteiger partial charge in [-0.05, 0) is 0 Å². The van der Waals surface area contributed by atoms with Gasteiger partial charge in [-0.1, -0.05) is 0 Å². The molecule has 0 amide bonds. The highest BCUT2D eigenvalue weighted by atomic mass is 31.1. The highest BCUT2D eigenvalue weighted by Gasteiger charge is 1.97. The molecule has 1 N–H and O–H groups in total. The molecule has 0 aliphatic heterocycles. The summed E-state index contributed by atoms with van der Waals surface area (Å²) in [5.41, 5.74) is 0. The molecule has 4 heteroatoms. The molecule has 0 aliphatic carbocycles. The van der Waals surface area contributed by atoms with Crippen molar-refractivity contribution in [1.29, 1.82) is 0 Å². The van der Waals surface area contributed by atoms with E-state index in [1.54, 1.807) is 0 Å². The molecule has 0 saturated carbocycles. The molecule has 0 rings (SSSR count). The van der Waals surface area contributed by atoms with Crippen LogP contribution in [-0.4, -0.2) is 23.9 Å². The number of carbonyl (C=O) groups is 1. The molecule has 0 saturated heterocycles. The highest BCUT2D eigenvalue weighted by Crippen LogP contribution is 2.13.